The van der Waals surface area contributed by atoms with Crippen LogP contribution in [0.25, 0.3) is 0 Å². The van der Waals surface area contributed by atoms with Crippen molar-refractivity contribution in [3.63, 3.8) is 0 Å². The molecule has 0 saturated carbocycles. The molecule has 0 aliphatic rings. The number of esters is 1. The van der Waals surface area contributed by atoms with Gasteiger partial charge in [0.25, 0.3) is 5.69 Å². The van der Waals surface area contributed by atoms with Crippen LogP contribution in [0.5, 0.6) is 0 Å². The predicted octanol–water partition coefficient (Wildman–Crippen LogP) is 1.62. The number of hydrogen-bond acceptors (Lipinski definition) is 6. The highest BCUT2D eigenvalue weighted by atomic mass is 35.5. The average Bonchev–Trinajstić information content (AvgIpc) is 2.27. The van der Waals surface area contributed by atoms with Crippen molar-refractivity contribution in [2.75, 3.05) is 18.5 Å². The second kappa shape index (κ2) is 6.00. The van der Waals surface area contributed by atoms with Crippen molar-refractivity contribution in [3.8, 4) is 0 Å². The maximum absolute atomic E-state index is 11.0. The number of ether oxygens (including phenoxy) is 1. The van der Waals surface area contributed by atoms with Gasteiger partial charge in [0, 0.05) is 6.07 Å². The second-order valence-corrected chi connectivity index (χ2v) is 3.35. The first kappa shape index (κ1) is 13.2. The highest BCUT2D eigenvalue weighted by Crippen LogP contribution is 2.23. The van der Waals surface area contributed by atoms with Crippen molar-refractivity contribution in [2.24, 2.45) is 0 Å². The molecule has 0 bridgehead atoms. The fourth-order valence-corrected chi connectivity index (χ4v) is 1.25. The third kappa shape index (κ3) is 3.87. The molecule has 0 aliphatic carbocycles. The SMILES string of the molecule is CCOC(=O)CNc1ncc([N+](=O)[O-])cc1Cl. The van der Waals surface area contributed by atoms with Crippen LogP contribution in [0.2, 0.25) is 5.02 Å². The van der Waals surface area contributed by atoms with Crippen molar-refractivity contribution in [2.45, 2.75) is 6.92 Å². The first-order valence-electron chi connectivity index (χ1n) is 4.74. The highest BCUT2D eigenvalue weighted by molar-refractivity contribution is 6.33. The summed E-state index contributed by atoms with van der Waals surface area (Å²) in [6.45, 7) is 1.87. The Kier molecular flexibility index (Phi) is 4.65. The summed E-state index contributed by atoms with van der Waals surface area (Å²) in [5.41, 5.74) is -0.211. The molecular formula is C9H10ClN3O4. The molecule has 0 aromatic carbocycles. The Bertz CT molecular complexity index is 438. The van der Waals surface area contributed by atoms with Crippen LogP contribution in [-0.4, -0.2) is 29.0 Å². The minimum Gasteiger partial charge on any atom is -0.465 e. The van der Waals surface area contributed by atoms with E-state index in [1.807, 2.05) is 0 Å². The molecule has 0 fully saturated rings. The maximum atomic E-state index is 11.0. The number of nitro groups is 1. The predicted molar refractivity (Wildman–Crippen MR) is 61.0 cm³/mol. The minimum atomic E-state index is -0.603. The van der Waals surface area contributed by atoms with Crippen molar-refractivity contribution >= 4 is 29.1 Å². The molecule has 1 aromatic heterocycles. The largest absolute Gasteiger partial charge is 0.465 e. The van der Waals surface area contributed by atoms with Gasteiger partial charge < -0.3 is 10.1 Å². The topological polar surface area (TPSA) is 94.4 Å². The van der Waals surface area contributed by atoms with E-state index in [0.29, 0.717) is 0 Å². The first-order chi connectivity index (χ1) is 8.04. The molecule has 0 unspecified atom stereocenters. The van der Waals surface area contributed by atoms with E-state index in [2.05, 4.69) is 15.0 Å². The van der Waals surface area contributed by atoms with E-state index < -0.39 is 10.9 Å². The second-order valence-electron chi connectivity index (χ2n) is 2.94. The summed E-state index contributed by atoms with van der Waals surface area (Å²) in [6.07, 6.45) is 1.05. The number of halogens is 1. The van der Waals surface area contributed by atoms with Crippen LogP contribution in [0.3, 0.4) is 0 Å². The summed E-state index contributed by atoms with van der Waals surface area (Å²) in [5.74, 6) is -0.256. The van der Waals surface area contributed by atoms with Crippen LogP contribution in [0.15, 0.2) is 12.3 Å². The molecule has 0 saturated heterocycles. The van der Waals surface area contributed by atoms with E-state index in [4.69, 9.17) is 11.6 Å². The first-order valence-corrected chi connectivity index (χ1v) is 5.11. The molecule has 1 rings (SSSR count). The molecule has 0 aliphatic heterocycles. The lowest BCUT2D eigenvalue weighted by Crippen LogP contribution is -2.17. The van der Waals surface area contributed by atoms with Crippen molar-refractivity contribution in [1.29, 1.82) is 0 Å². The van der Waals surface area contributed by atoms with Crippen LogP contribution < -0.4 is 5.32 Å². The van der Waals surface area contributed by atoms with Gasteiger partial charge >= 0.3 is 5.97 Å². The number of rotatable bonds is 5. The number of aromatic nitrogens is 1. The summed E-state index contributed by atoms with van der Waals surface area (Å²) < 4.78 is 4.68. The van der Waals surface area contributed by atoms with Gasteiger partial charge in [-0.15, -0.1) is 0 Å². The van der Waals surface area contributed by atoms with Crippen molar-refractivity contribution < 1.29 is 14.5 Å². The van der Waals surface area contributed by atoms with Gasteiger partial charge in [-0.2, -0.15) is 0 Å². The number of hydrogen-bond donors (Lipinski definition) is 1. The molecule has 92 valence electrons. The smallest absolute Gasteiger partial charge is 0.325 e. The molecular weight excluding hydrogens is 250 g/mol. The van der Waals surface area contributed by atoms with E-state index in [9.17, 15) is 14.9 Å². The Labute approximate surface area is 102 Å². The molecule has 8 heteroatoms. The Balaban J connectivity index is 2.66. The fourth-order valence-electron chi connectivity index (χ4n) is 1.03. The number of carbonyl (C=O) groups excluding carboxylic acids is 1. The maximum Gasteiger partial charge on any atom is 0.325 e. The van der Waals surface area contributed by atoms with Gasteiger partial charge in [0.15, 0.2) is 0 Å². The van der Waals surface area contributed by atoms with Gasteiger partial charge in [0.1, 0.15) is 18.6 Å². The third-order valence-corrected chi connectivity index (χ3v) is 2.03. The molecule has 0 atom stereocenters. The number of nitrogens with zero attached hydrogens (tertiary/aromatic N) is 2. The van der Waals surface area contributed by atoms with E-state index in [-0.39, 0.29) is 29.7 Å². The van der Waals surface area contributed by atoms with Gasteiger partial charge in [-0.05, 0) is 6.92 Å². The zero-order valence-corrected chi connectivity index (χ0v) is 9.73. The molecule has 17 heavy (non-hydrogen) atoms. The number of anilines is 1. The van der Waals surface area contributed by atoms with Crippen molar-refractivity contribution in [3.05, 3.63) is 27.4 Å². The Morgan fingerprint density at radius 3 is 2.94 bits per heavy atom. The van der Waals surface area contributed by atoms with Gasteiger partial charge in [-0.3, -0.25) is 14.9 Å². The van der Waals surface area contributed by atoms with Crippen molar-refractivity contribution in [1.82, 2.24) is 4.98 Å². The van der Waals surface area contributed by atoms with Gasteiger partial charge in [-0.1, -0.05) is 11.6 Å². The van der Waals surface area contributed by atoms with E-state index >= 15 is 0 Å². The van der Waals surface area contributed by atoms with Crippen LogP contribution in [0.4, 0.5) is 11.5 Å². The number of nitrogens with one attached hydrogen (secondary N) is 1. The average molecular weight is 260 g/mol. The molecule has 0 spiro atoms. The van der Waals surface area contributed by atoms with E-state index in [1.54, 1.807) is 6.92 Å². The lowest BCUT2D eigenvalue weighted by Gasteiger charge is -2.06. The lowest BCUT2D eigenvalue weighted by molar-refractivity contribution is -0.385. The zero-order valence-electron chi connectivity index (χ0n) is 8.97. The summed E-state index contributed by atoms with van der Waals surface area (Å²) >= 11 is 5.75. The van der Waals surface area contributed by atoms with Crippen LogP contribution in [0.1, 0.15) is 6.92 Å². The van der Waals surface area contributed by atoms with Crippen LogP contribution in [-0.2, 0) is 9.53 Å². The Morgan fingerprint density at radius 2 is 2.41 bits per heavy atom. The Hall–Kier alpha value is -1.89. The molecule has 0 amide bonds. The Morgan fingerprint density at radius 1 is 1.71 bits per heavy atom. The molecule has 1 N–H and O–H groups in total. The highest BCUT2D eigenvalue weighted by Gasteiger charge is 2.11. The van der Waals surface area contributed by atoms with Gasteiger partial charge in [0.05, 0.1) is 16.6 Å². The number of pyridine rings is 1. The lowest BCUT2D eigenvalue weighted by atomic mass is 10.4. The standard InChI is InChI=1S/C9H10ClN3O4/c1-2-17-8(14)5-12-9-7(10)3-6(4-11-9)13(15)16/h3-4H,2,5H2,1H3,(H,11,12). The third-order valence-electron chi connectivity index (χ3n) is 1.74. The zero-order chi connectivity index (χ0) is 12.8. The molecule has 0 radical (unpaired) electrons. The minimum absolute atomic E-state index is 0.0727. The van der Waals surface area contributed by atoms with Gasteiger partial charge in [0.2, 0.25) is 0 Å². The monoisotopic (exact) mass is 259 g/mol. The fraction of sp³-hybridized carbons (Fsp3) is 0.333. The van der Waals surface area contributed by atoms with E-state index in [1.165, 1.54) is 0 Å². The summed E-state index contributed by atoms with van der Waals surface area (Å²) in [5, 5.41) is 13.1. The van der Waals surface area contributed by atoms with Gasteiger partial charge in [-0.25, -0.2) is 4.98 Å². The number of carbonyl (C=O) groups is 1. The molecule has 1 heterocycles. The summed E-state index contributed by atoms with van der Waals surface area (Å²) in [6, 6.07) is 1.15. The normalized spacial score (nSPS) is 9.76. The molecule has 1 aromatic rings. The quantitative estimate of drug-likeness (QED) is 0.490. The van der Waals surface area contributed by atoms with E-state index in [0.717, 1.165) is 12.3 Å². The summed E-state index contributed by atoms with van der Waals surface area (Å²) in [7, 11) is 0. The summed E-state index contributed by atoms with van der Waals surface area (Å²) in [4.78, 5) is 24.6. The molecule has 7 nitrogen and oxygen atoms in total. The van der Waals surface area contributed by atoms with Crippen LogP contribution in [0, 0.1) is 10.1 Å². The van der Waals surface area contributed by atoms with Crippen LogP contribution >= 0.6 is 11.6 Å².